The molecule has 1 aromatic rings. The number of nitro benzene ring substituents is 1. The molecule has 0 aliphatic carbocycles. The van der Waals surface area contributed by atoms with Crippen molar-refractivity contribution in [3.63, 3.8) is 0 Å². The normalized spacial score (nSPS) is 16.7. The minimum atomic E-state index is -8.38. The molecular weight excluding hydrogens is 546 g/mol. The molecular formula is C15H7F16NO3. The van der Waals surface area contributed by atoms with Crippen LogP contribution in [0.4, 0.5) is 75.9 Å². The molecule has 1 atom stereocenters. The summed E-state index contributed by atoms with van der Waals surface area (Å²) in [5.41, 5.74) is -8.98. The van der Waals surface area contributed by atoms with Gasteiger partial charge in [-0.05, 0) is 5.56 Å². The number of halogens is 16. The smallest absolute Gasteiger partial charge is 0.376 e. The van der Waals surface area contributed by atoms with Crippen LogP contribution in [0.2, 0.25) is 0 Å². The van der Waals surface area contributed by atoms with Gasteiger partial charge in [-0.2, -0.15) is 70.2 Å². The third kappa shape index (κ3) is 4.55. The number of hydrogen-bond donors (Lipinski definition) is 1. The molecule has 0 radical (unpaired) electrons. The number of benzene rings is 1. The van der Waals surface area contributed by atoms with E-state index in [4.69, 9.17) is 0 Å². The van der Waals surface area contributed by atoms with E-state index in [0.29, 0.717) is 6.07 Å². The van der Waals surface area contributed by atoms with E-state index in [0.717, 1.165) is 0 Å². The number of alkyl halides is 16. The molecule has 0 heterocycles. The lowest BCUT2D eigenvalue weighted by molar-refractivity contribution is -0.443. The van der Waals surface area contributed by atoms with Gasteiger partial charge in [0.25, 0.3) is 5.69 Å². The van der Waals surface area contributed by atoms with Crippen LogP contribution in [-0.4, -0.2) is 52.0 Å². The monoisotopic (exact) mass is 553 g/mol. The second-order valence-corrected chi connectivity index (χ2v) is 6.84. The lowest BCUT2D eigenvalue weighted by Crippen LogP contribution is -2.70. The fraction of sp³-hybridized carbons (Fsp3) is 0.600. The predicted octanol–water partition coefficient (Wildman–Crippen LogP) is 6.47. The largest absolute Gasteiger partial charge is 0.460 e. The van der Waals surface area contributed by atoms with E-state index < -0.39 is 70.2 Å². The first kappa shape index (κ1) is 30.5. The standard InChI is InChI=1S/C15H7F16NO3/c16-9(17,10(18,19)11(20,21)12(22,23)13(24,25)15(29,30)31)5-8(33,14(26,27)28)6-2-1-3-7(4-6)32(34)35/h1-4,33H,5H2. The van der Waals surface area contributed by atoms with Crippen molar-refractivity contribution in [3.8, 4) is 0 Å². The molecule has 1 aromatic carbocycles. The average molecular weight is 553 g/mol. The Morgan fingerprint density at radius 3 is 1.49 bits per heavy atom. The van der Waals surface area contributed by atoms with Crippen molar-refractivity contribution < 1.29 is 80.3 Å². The van der Waals surface area contributed by atoms with Crippen molar-refractivity contribution in [3.05, 3.63) is 39.9 Å². The van der Waals surface area contributed by atoms with Gasteiger partial charge in [-0.1, -0.05) is 12.1 Å². The first-order chi connectivity index (χ1) is 15.1. The van der Waals surface area contributed by atoms with Crippen LogP contribution < -0.4 is 0 Å². The first-order valence-electron chi connectivity index (χ1n) is 8.11. The van der Waals surface area contributed by atoms with E-state index in [-0.39, 0.29) is 18.2 Å². The highest BCUT2D eigenvalue weighted by molar-refractivity contribution is 5.38. The highest BCUT2D eigenvalue weighted by atomic mass is 19.4. The van der Waals surface area contributed by atoms with Crippen LogP contribution in [0.15, 0.2) is 24.3 Å². The van der Waals surface area contributed by atoms with Gasteiger partial charge in [-0.3, -0.25) is 10.1 Å². The molecule has 0 amide bonds. The van der Waals surface area contributed by atoms with Crippen LogP contribution in [0.3, 0.4) is 0 Å². The van der Waals surface area contributed by atoms with Gasteiger partial charge < -0.3 is 5.11 Å². The van der Waals surface area contributed by atoms with Crippen molar-refractivity contribution in [1.82, 2.24) is 0 Å². The van der Waals surface area contributed by atoms with Crippen molar-refractivity contribution in [2.24, 2.45) is 0 Å². The van der Waals surface area contributed by atoms with Crippen LogP contribution in [0.25, 0.3) is 0 Å². The molecule has 35 heavy (non-hydrogen) atoms. The molecule has 20 heteroatoms. The Labute approximate surface area is 181 Å². The van der Waals surface area contributed by atoms with Gasteiger partial charge in [0.05, 0.1) is 11.3 Å². The topological polar surface area (TPSA) is 63.4 Å². The van der Waals surface area contributed by atoms with Gasteiger partial charge in [0.2, 0.25) is 0 Å². The third-order valence-corrected chi connectivity index (χ3v) is 4.48. The Hall–Kier alpha value is -2.54. The highest BCUT2D eigenvalue weighted by Gasteiger charge is 2.91. The van der Waals surface area contributed by atoms with E-state index >= 15 is 0 Å². The number of nitrogens with zero attached hydrogens (tertiary/aromatic N) is 1. The van der Waals surface area contributed by atoms with Gasteiger partial charge in [-0.25, -0.2) is 0 Å². The SMILES string of the molecule is O=[N+]([O-])c1cccc(C(O)(CC(F)(F)C(F)(F)C(F)(F)C(F)(F)C(F)(F)C(F)(F)F)C(F)(F)F)c1. The van der Waals surface area contributed by atoms with Crippen molar-refractivity contribution >= 4 is 5.69 Å². The Kier molecular flexibility index (Phi) is 7.19. The minimum Gasteiger partial charge on any atom is -0.376 e. The molecule has 202 valence electrons. The molecule has 0 aliphatic heterocycles. The third-order valence-electron chi connectivity index (χ3n) is 4.48. The van der Waals surface area contributed by atoms with Gasteiger partial charge in [-0.15, -0.1) is 0 Å². The summed E-state index contributed by atoms with van der Waals surface area (Å²) in [6, 6.07) is 0.208. The molecule has 0 saturated carbocycles. The van der Waals surface area contributed by atoms with E-state index in [1.54, 1.807) is 0 Å². The number of non-ortho nitro benzene ring substituents is 1. The zero-order valence-electron chi connectivity index (χ0n) is 15.8. The van der Waals surface area contributed by atoms with E-state index in [1.165, 1.54) is 0 Å². The predicted molar refractivity (Wildman–Crippen MR) is 78.5 cm³/mol. The van der Waals surface area contributed by atoms with Gasteiger partial charge in [0.15, 0.2) is 5.60 Å². The Morgan fingerprint density at radius 2 is 1.11 bits per heavy atom. The maximum atomic E-state index is 14.0. The summed E-state index contributed by atoms with van der Waals surface area (Å²) in [5, 5.41) is 20.3. The summed E-state index contributed by atoms with van der Waals surface area (Å²) in [6.45, 7) is 0. The Morgan fingerprint density at radius 1 is 0.686 bits per heavy atom. The van der Waals surface area contributed by atoms with Gasteiger partial charge in [0, 0.05) is 12.1 Å². The molecule has 0 spiro atoms. The fourth-order valence-corrected chi connectivity index (χ4v) is 2.48. The van der Waals surface area contributed by atoms with E-state index in [9.17, 15) is 85.5 Å². The maximum absolute atomic E-state index is 14.0. The molecule has 0 aliphatic rings. The lowest BCUT2D eigenvalue weighted by atomic mass is 9.82. The van der Waals surface area contributed by atoms with Gasteiger partial charge >= 0.3 is 42.0 Å². The molecule has 1 rings (SSSR count). The van der Waals surface area contributed by atoms with Crippen molar-refractivity contribution in [2.75, 3.05) is 0 Å². The highest BCUT2D eigenvalue weighted by Crippen LogP contribution is 2.62. The second kappa shape index (κ2) is 8.26. The summed E-state index contributed by atoms with van der Waals surface area (Å²) in [5.74, 6) is -40.2. The Balaban J connectivity index is 3.73. The summed E-state index contributed by atoms with van der Waals surface area (Å²) in [7, 11) is 0. The van der Waals surface area contributed by atoms with E-state index in [1.807, 2.05) is 0 Å². The molecule has 0 saturated heterocycles. The van der Waals surface area contributed by atoms with Crippen molar-refractivity contribution in [1.29, 1.82) is 0 Å². The van der Waals surface area contributed by atoms with Crippen LogP contribution >= 0.6 is 0 Å². The van der Waals surface area contributed by atoms with Crippen LogP contribution in [0, 0.1) is 10.1 Å². The van der Waals surface area contributed by atoms with E-state index in [2.05, 4.69) is 0 Å². The molecule has 1 unspecified atom stereocenters. The quantitative estimate of drug-likeness (QED) is 0.228. The summed E-state index contributed by atoms with van der Waals surface area (Å²) < 4.78 is 211. The lowest BCUT2D eigenvalue weighted by Gasteiger charge is -2.42. The van der Waals surface area contributed by atoms with Crippen molar-refractivity contribution in [2.45, 2.75) is 54.0 Å². The number of hydrogen-bond acceptors (Lipinski definition) is 3. The minimum absolute atomic E-state index is 0.0702. The number of rotatable bonds is 8. The zero-order valence-corrected chi connectivity index (χ0v) is 15.8. The number of nitro groups is 1. The summed E-state index contributed by atoms with van der Waals surface area (Å²) >= 11 is 0. The zero-order chi connectivity index (χ0) is 28.3. The Bertz CT molecular complexity index is 954. The molecule has 4 nitrogen and oxygen atoms in total. The summed E-state index contributed by atoms with van der Waals surface area (Å²) in [4.78, 5) is 9.12. The second-order valence-electron chi connectivity index (χ2n) is 6.84. The molecule has 0 aromatic heterocycles. The van der Waals surface area contributed by atoms with Gasteiger partial charge in [0.1, 0.15) is 0 Å². The molecule has 1 N–H and O–H groups in total. The number of aliphatic hydroxyl groups is 1. The van der Waals surface area contributed by atoms with Crippen LogP contribution in [0.1, 0.15) is 12.0 Å². The first-order valence-corrected chi connectivity index (χ1v) is 8.11. The van der Waals surface area contributed by atoms with Crippen LogP contribution in [-0.2, 0) is 5.60 Å². The fourth-order valence-electron chi connectivity index (χ4n) is 2.48. The molecule has 0 bridgehead atoms. The van der Waals surface area contributed by atoms with Crippen LogP contribution in [0.5, 0.6) is 0 Å². The average Bonchev–Trinajstić information content (AvgIpc) is 2.65. The maximum Gasteiger partial charge on any atom is 0.460 e. The molecule has 0 fully saturated rings. The summed E-state index contributed by atoms with van der Waals surface area (Å²) in [6.07, 6.45) is -18.4.